The second kappa shape index (κ2) is 23.4. The van der Waals surface area contributed by atoms with Crippen LogP contribution in [0.25, 0.3) is 122 Å². The van der Waals surface area contributed by atoms with Crippen molar-refractivity contribution in [2.45, 2.75) is 0 Å². The minimum absolute atomic E-state index is 0.160. The van der Waals surface area contributed by atoms with E-state index in [2.05, 4.69) is 380 Å². The van der Waals surface area contributed by atoms with E-state index in [-0.39, 0.29) is 6.71 Å². The molecular formula is C92H61BN2. The molecule has 0 aromatic heterocycles. The molecule has 18 rings (SSSR count). The first kappa shape index (κ1) is 55.5. The second-order valence-electron chi connectivity index (χ2n) is 24.9. The number of anilines is 6. The lowest BCUT2D eigenvalue weighted by atomic mass is 9.33. The molecule has 0 atom stereocenters. The predicted molar refractivity (Wildman–Crippen MR) is 404 cm³/mol. The van der Waals surface area contributed by atoms with Crippen LogP contribution in [-0.2, 0) is 0 Å². The van der Waals surface area contributed by atoms with Crippen molar-refractivity contribution in [2.75, 3.05) is 9.80 Å². The molecule has 0 bridgehead atoms. The van der Waals surface area contributed by atoms with Crippen molar-refractivity contribution in [1.29, 1.82) is 0 Å². The fourth-order valence-electron chi connectivity index (χ4n) is 15.5. The quantitative estimate of drug-likeness (QED) is 0.0941. The highest BCUT2D eigenvalue weighted by atomic mass is 15.2. The van der Waals surface area contributed by atoms with Crippen LogP contribution in [0, 0.1) is 0 Å². The molecule has 95 heavy (non-hydrogen) atoms. The number of rotatable bonds is 11. The molecule has 0 spiro atoms. The maximum atomic E-state index is 2.67. The smallest absolute Gasteiger partial charge is 0.252 e. The summed E-state index contributed by atoms with van der Waals surface area (Å²) in [6.45, 7) is -0.160. The van der Waals surface area contributed by atoms with Gasteiger partial charge in [-0.05, 0) is 164 Å². The molecule has 0 amide bonds. The number of para-hydroxylation sites is 2. The standard InChI is InChI=1S/C92H61BN2/c1-8-32-62(33-9-1)69-56-78(65-38-14-4-15-39-65)91(79(57-69)66-40-16-5-17-41-66)94-84-54-30-28-52-82(84)93-83-53-29-31-55-85(83)95(92-80(67-42-18-6-19-43-67)58-70(63-34-10-2-11-35-63)59-81(92)68-44-20-7-21-45-68)87-61-71(60-86(94)90(87)93)88-74-48-24-26-50-76(74)89(77-51-27-25-49-75(77)88)73-47-23-22-46-72(73)64-36-12-3-13-37-64/h1-61H. The van der Waals surface area contributed by atoms with Crippen LogP contribution in [-0.4, -0.2) is 6.71 Å². The van der Waals surface area contributed by atoms with Crippen LogP contribution in [0.2, 0.25) is 0 Å². The van der Waals surface area contributed by atoms with E-state index in [1.165, 1.54) is 65.8 Å². The summed E-state index contributed by atoms with van der Waals surface area (Å²) < 4.78 is 0. The lowest BCUT2D eigenvalue weighted by Gasteiger charge is -2.46. The number of fused-ring (bicyclic) bond motifs is 6. The Morgan fingerprint density at radius 2 is 0.453 bits per heavy atom. The summed E-state index contributed by atoms with van der Waals surface area (Å²) in [5, 5.41) is 4.76. The zero-order valence-corrected chi connectivity index (χ0v) is 52.2. The predicted octanol–water partition coefficient (Wildman–Crippen LogP) is 23.1. The van der Waals surface area contributed by atoms with Crippen molar-refractivity contribution in [3.05, 3.63) is 370 Å². The molecule has 442 valence electrons. The zero-order valence-electron chi connectivity index (χ0n) is 52.2. The molecule has 0 N–H and O–H groups in total. The summed E-state index contributed by atoms with van der Waals surface area (Å²) >= 11 is 0. The molecule has 2 aliphatic heterocycles. The summed E-state index contributed by atoms with van der Waals surface area (Å²) in [4.78, 5) is 5.34. The Kier molecular flexibility index (Phi) is 13.7. The first-order chi connectivity index (χ1) is 47.2. The summed E-state index contributed by atoms with van der Waals surface area (Å²) in [5.41, 5.74) is 31.3. The SMILES string of the molecule is c1ccc(-c2cc(-c3ccccc3)c(N3c4ccccc4B4c5ccccc5N(c5c(-c6ccccc6)cc(-c6ccccc6)cc5-c5ccccc5)c5cc(-c6c7ccccc7c(-c7ccccc7-c7ccccc7)c7ccccc67)cc3c54)c(-c3ccccc3)c2)cc1. The zero-order chi connectivity index (χ0) is 62.8. The van der Waals surface area contributed by atoms with Gasteiger partial charge in [-0.25, -0.2) is 0 Å². The van der Waals surface area contributed by atoms with E-state index in [0.29, 0.717) is 0 Å². The number of hydrogen-bond donors (Lipinski definition) is 0. The molecule has 0 fully saturated rings. The Morgan fingerprint density at radius 3 is 0.811 bits per heavy atom. The van der Waals surface area contributed by atoms with E-state index in [1.54, 1.807) is 0 Å². The van der Waals surface area contributed by atoms with Gasteiger partial charge in [0.15, 0.2) is 0 Å². The average Bonchev–Trinajstić information content (AvgIpc) is 0.685. The summed E-state index contributed by atoms with van der Waals surface area (Å²) in [7, 11) is 0. The molecule has 0 saturated carbocycles. The van der Waals surface area contributed by atoms with E-state index < -0.39 is 0 Å². The summed E-state index contributed by atoms with van der Waals surface area (Å²) in [6.07, 6.45) is 0. The highest BCUT2D eigenvalue weighted by Crippen LogP contribution is 2.56. The number of hydrogen-bond acceptors (Lipinski definition) is 2. The van der Waals surface area contributed by atoms with Gasteiger partial charge in [0, 0.05) is 45.0 Å². The average molecular weight is 1210 g/mol. The van der Waals surface area contributed by atoms with E-state index >= 15 is 0 Å². The van der Waals surface area contributed by atoms with Gasteiger partial charge < -0.3 is 9.80 Å². The Morgan fingerprint density at radius 1 is 0.179 bits per heavy atom. The van der Waals surface area contributed by atoms with Crippen molar-refractivity contribution < 1.29 is 0 Å². The van der Waals surface area contributed by atoms with Crippen molar-refractivity contribution in [3.63, 3.8) is 0 Å². The lowest BCUT2D eigenvalue weighted by Crippen LogP contribution is -2.61. The van der Waals surface area contributed by atoms with Gasteiger partial charge in [0.05, 0.1) is 11.4 Å². The highest BCUT2D eigenvalue weighted by Gasteiger charge is 2.45. The third-order valence-electron chi connectivity index (χ3n) is 19.6. The molecule has 0 aliphatic carbocycles. The topological polar surface area (TPSA) is 6.48 Å². The molecule has 2 heterocycles. The normalized spacial score (nSPS) is 12.1. The fourth-order valence-corrected chi connectivity index (χ4v) is 15.5. The molecule has 2 nitrogen and oxygen atoms in total. The van der Waals surface area contributed by atoms with Crippen LogP contribution in [0.4, 0.5) is 34.1 Å². The minimum atomic E-state index is -0.160. The van der Waals surface area contributed by atoms with E-state index in [9.17, 15) is 0 Å². The molecule has 16 aromatic carbocycles. The molecular weight excluding hydrogens is 1140 g/mol. The highest BCUT2D eigenvalue weighted by molar-refractivity contribution is 7.00. The Hall–Kier alpha value is -12.3. The maximum Gasteiger partial charge on any atom is 0.252 e. The van der Waals surface area contributed by atoms with Crippen LogP contribution in [0.5, 0.6) is 0 Å². The molecule has 0 unspecified atom stereocenters. The van der Waals surface area contributed by atoms with Crippen molar-refractivity contribution in [1.82, 2.24) is 0 Å². The van der Waals surface area contributed by atoms with Crippen LogP contribution in [0.15, 0.2) is 370 Å². The van der Waals surface area contributed by atoms with Crippen molar-refractivity contribution in [2.24, 2.45) is 0 Å². The molecule has 0 radical (unpaired) electrons. The maximum absolute atomic E-state index is 2.67. The van der Waals surface area contributed by atoms with Crippen LogP contribution >= 0.6 is 0 Å². The van der Waals surface area contributed by atoms with Gasteiger partial charge in [0.1, 0.15) is 0 Å². The van der Waals surface area contributed by atoms with Gasteiger partial charge in [-0.3, -0.25) is 0 Å². The van der Waals surface area contributed by atoms with E-state index in [0.717, 1.165) is 106 Å². The largest absolute Gasteiger partial charge is 0.310 e. The van der Waals surface area contributed by atoms with Crippen molar-refractivity contribution >= 4 is 78.8 Å². The van der Waals surface area contributed by atoms with Gasteiger partial charge in [-0.2, -0.15) is 0 Å². The van der Waals surface area contributed by atoms with Crippen molar-refractivity contribution in [3.8, 4) is 100 Å². The fraction of sp³-hybridized carbons (Fsp3) is 0. The summed E-state index contributed by atoms with van der Waals surface area (Å²) in [6, 6.07) is 138. The van der Waals surface area contributed by atoms with Gasteiger partial charge in [0.2, 0.25) is 0 Å². The third-order valence-corrected chi connectivity index (χ3v) is 19.6. The Balaban J connectivity index is 1.03. The van der Waals surface area contributed by atoms with Crippen LogP contribution in [0.3, 0.4) is 0 Å². The third kappa shape index (κ3) is 9.42. The lowest BCUT2D eigenvalue weighted by molar-refractivity contribution is 1.25. The van der Waals surface area contributed by atoms with Crippen LogP contribution < -0.4 is 26.2 Å². The van der Waals surface area contributed by atoms with E-state index in [1.807, 2.05) is 0 Å². The Labute approximate surface area is 555 Å². The van der Waals surface area contributed by atoms with Gasteiger partial charge >= 0.3 is 0 Å². The summed E-state index contributed by atoms with van der Waals surface area (Å²) in [5.74, 6) is 0. The molecule has 0 saturated heterocycles. The number of benzene rings is 16. The first-order valence-corrected chi connectivity index (χ1v) is 32.9. The molecule has 3 heteroatoms. The monoisotopic (exact) mass is 1200 g/mol. The van der Waals surface area contributed by atoms with Crippen LogP contribution in [0.1, 0.15) is 0 Å². The Bertz CT molecular complexity index is 5160. The van der Waals surface area contributed by atoms with Gasteiger partial charge in [-0.1, -0.05) is 322 Å². The molecule has 2 aliphatic rings. The van der Waals surface area contributed by atoms with E-state index in [4.69, 9.17) is 0 Å². The minimum Gasteiger partial charge on any atom is -0.310 e. The molecule has 16 aromatic rings. The van der Waals surface area contributed by atoms with Gasteiger partial charge in [-0.15, -0.1) is 0 Å². The van der Waals surface area contributed by atoms with Gasteiger partial charge in [0.25, 0.3) is 6.71 Å². The first-order valence-electron chi connectivity index (χ1n) is 32.9. The second-order valence-corrected chi connectivity index (χ2v) is 24.9. The number of nitrogens with zero attached hydrogens (tertiary/aromatic N) is 2.